The van der Waals surface area contributed by atoms with Crippen molar-refractivity contribution < 1.29 is 22.8 Å². The Balaban J connectivity index is 1.55. The number of hydrogen-bond donors (Lipinski definition) is 2. The molecule has 0 aliphatic carbocycles. The summed E-state index contributed by atoms with van der Waals surface area (Å²) in [4.78, 5) is 34.6. The second-order valence-corrected chi connectivity index (χ2v) is 9.66. The van der Waals surface area contributed by atoms with E-state index in [1.54, 1.807) is 42.2 Å². The molecule has 1 aliphatic rings. The van der Waals surface area contributed by atoms with Gasteiger partial charge in [0.15, 0.2) is 0 Å². The molecule has 0 saturated carbocycles. The molecule has 3 aromatic rings. The van der Waals surface area contributed by atoms with E-state index in [9.17, 15) is 22.8 Å². The quantitative estimate of drug-likeness (QED) is 0.354. The highest BCUT2D eigenvalue weighted by Crippen LogP contribution is 2.39. The molecule has 2 aromatic carbocycles. The molecule has 0 bridgehead atoms. The summed E-state index contributed by atoms with van der Waals surface area (Å²) in [6.07, 6.45) is 3.45. The van der Waals surface area contributed by atoms with Crippen LogP contribution in [0.1, 0.15) is 38.1 Å². The van der Waals surface area contributed by atoms with Gasteiger partial charge in [-0.25, -0.2) is 4.98 Å². The first-order valence-corrected chi connectivity index (χ1v) is 12.0. The fourth-order valence-corrected chi connectivity index (χ4v) is 4.60. The molecule has 2 N–H and O–H groups in total. The number of alkyl halides is 3. The zero-order valence-corrected chi connectivity index (χ0v) is 19.8. The van der Waals surface area contributed by atoms with Crippen molar-refractivity contribution in [2.24, 2.45) is 0 Å². The minimum atomic E-state index is -4.36. The van der Waals surface area contributed by atoms with Gasteiger partial charge >= 0.3 is 5.92 Å². The van der Waals surface area contributed by atoms with E-state index < -0.39 is 26.4 Å². The SMILES string of the molecule is Cc1cc(C(=O)N[C@@H](CPC(F)(F)F)c2nc3cc(Cl)ccc3[nH]2)ccc1C(=O)N1CC=CC1. The number of benzene rings is 2. The fourth-order valence-electron chi connectivity index (χ4n) is 3.70. The molecule has 178 valence electrons. The van der Waals surface area contributed by atoms with Crippen LogP contribution in [0.2, 0.25) is 5.02 Å². The lowest BCUT2D eigenvalue weighted by atomic mass is 10.0. The molecule has 11 heteroatoms. The first-order valence-electron chi connectivity index (χ1n) is 10.4. The van der Waals surface area contributed by atoms with E-state index >= 15 is 0 Å². The summed E-state index contributed by atoms with van der Waals surface area (Å²) in [5.74, 6) is -4.84. The van der Waals surface area contributed by atoms with Crippen molar-refractivity contribution in [1.29, 1.82) is 0 Å². The van der Waals surface area contributed by atoms with Gasteiger partial charge in [-0.15, -0.1) is 0 Å². The van der Waals surface area contributed by atoms with Gasteiger partial charge in [0, 0.05) is 35.4 Å². The second kappa shape index (κ2) is 9.76. The first-order chi connectivity index (χ1) is 16.1. The largest absolute Gasteiger partial charge is 0.402 e. The smallest absolute Gasteiger partial charge is 0.342 e. The molecule has 2 heterocycles. The van der Waals surface area contributed by atoms with Crippen LogP contribution >= 0.6 is 20.2 Å². The Labute approximate surface area is 200 Å². The highest BCUT2D eigenvalue weighted by Gasteiger charge is 2.30. The van der Waals surface area contributed by atoms with Gasteiger partial charge in [0.2, 0.25) is 0 Å². The van der Waals surface area contributed by atoms with Crippen LogP contribution in [-0.2, 0) is 0 Å². The Hall–Kier alpha value is -2.90. The third-order valence-corrected chi connectivity index (χ3v) is 6.68. The minimum absolute atomic E-state index is 0.139. The number of H-pyrrole nitrogens is 1. The number of aromatic amines is 1. The van der Waals surface area contributed by atoms with Gasteiger partial charge in [0.1, 0.15) is 5.82 Å². The van der Waals surface area contributed by atoms with Crippen LogP contribution in [0.5, 0.6) is 0 Å². The molecule has 1 aromatic heterocycles. The van der Waals surface area contributed by atoms with Gasteiger partial charge in [-0.05, 0) is 57.5 Å². The molecule has 4 rings (SSSR count). The topological polar surface area (TPSA) is 78.1 Å². The van der Waals surface area contributed by atoms with Gasteiger partial charge in [0.25, 0.3) is 11.8 Å². The van der Waals surface area contributed by atoms with E-state index in [4.69, 9.17) is 11.6 Å². The summed E-state index contributed by atoms with van der Waals surface area (Å²) < 4.78 is 38.9. The summed E-state index contributed by atoms with van der Waals surface area (Å²) in [6, 6.07) is 8.55. The third-order valence-electron chi connectivity index (χ3n) is 5.43. The molecular weight excluding hydrogens is 488 g/mol. The van der Waals surface area contributed by atoms with Crippen LogP contribution in [0.3, 0.4) is 0 Å². The number of aromatic nitrogens is 2. The number of aryl methyl sites for hydroxylation is 1. The van der Waals surface area contributed by atoms with Crippen LogP contribution in [0.15, 0.2) is 48.6 Å². The normalized spacial score (nSPS) is 14.9. The standard InChI is InChI=1S/C23H21ClF3N4O2P/c1-13-10-14(4-6-16(13)22(33)31-8-2-3-9-31)21(32)30-19(12-34-23(25,26)27)20-28-17-7-5-15(24)11-18(17)29-20/h2-7,10-11,19,34H,8-9,12H2,1H3,(H,28,29)(H,30,32)/t19-/m0/s1. The van der Waals surface area contributed by atoms with Gasteiger partial charge in [0.05, 0.1) is 17.1 Å². The van der Waals surface area contributed by atoms with Crippen molar-refractivity contribution in [3.63, 3.8) is 0 Å². The van der Waals surface area contributed by atoms with Crippen molar-refractivity contribution in [2.75, 3.05) is 19.3 Å². The van der Waals surface area contributed by atoms with Gasteiger partial charge in [-0.1, -0.05) is 23.8 Å². The van der Waals surface area contributed by atoms with E-state index in [0.717, 1.165) is 0 Å². The predicted molar refractivity (Wildman–Crippen MR) is 127 cm³/mol. The van der Waals surface area contributed by atoms with Crippen LogP contribution in [0.4, 0.5) is 13.2 Å². The molecule has 0 radical (unpaired) electrons. The molecule has 0 saturated heterocycles. The summed E-state index contributed by atoms with van der Waals surface area (Å²) >= 11 is 5.98. The molecule has 6 nitrogen and oxygen atoms in total. The summed E-state index contributed by atoms with van der Waals surface area (Å²) in [7, 11) is -1.37. The van der Waals surface area contributed by atoms with E-state index in [1.165, 1.54) is 6.07 Å². The average Bonchev–Trinajstić information content (AvgIpc) is 3.45. The predicted octanol–water partition coefficient (Wildman–Crippen LogP) is 5.21. The number of imidazole rings is 1. The monoisotopic (exact) mass is 508 g/mol. The molecule has 0 spiro atoms. The summed E-state index contributed by atoms with van der Waals surface area (Å²) in [5, 5.41) is 3.11. The lowest BCUT2D eigenvalue weighted by Gasteiger charge is -2.19. The van der Waals surface area contributed by atoms with Crippen LogP contribution in [0.25, 0.3) is 11.0 Å². The van der Waals surface area contributed by atoms with Gasteiger partial charge < -0.3 is 15.2 Å². The molecule has 2 amide bonds. The number of rotatable bonds is 6. The van der Waals surface area contributed by atoms with E-state index in [0.29, 0.717) is 40.3 Å². The lowest BCUT2D eigenvalue weighted by molar-refractivity contribution is -0.0372. The first kappa shape index (κ1) is 24.2. The molecule has 1 aliphatic heterocycles. The molecule has 1 unspecified atom stereocenters. The summed E-state index contributed by atoms with van der Waals surface area (Å²) in [5.41, 5.74) is 2.42. The van der Waals surface area contributed by atoms with Crippen LogP contribution in [-0.4, -0.2) is 51.9 Å². The second-order valence-electron chi connectivity index (χ2n) is 7.90. The maximum Gasteiger partial charge on any atom is 0.402 e. The summed E-state index contributed by atoms with van der Waals surface area (Å²) in [6.45, 7) is 2.79. The maximum absolute atomic E-state index is 13.0. The fraction of sp³-hybridized carbons (Fsp3) is 0.261. The third kappa shape index (κ3) is 5.59. The van der Waals surface area contributed by atoms with Crippen molar-refractivity contribution >= 4 is 43.0 Å². The Kier molecular flexibility index (Phi) is 6.96. The van der Waals surface area contributed by atoms with Gasteiger partial charge in [-0.3, -0.25) is 9.59 Å². The number of nitrogens with zero attached hydrogens (tertiary/aromatic N) is 2. The Bertz CT molecular complexity index is 1270. The molecule has 2 atom stereocenters. The lowest BCUT2D eigenvalue weighted by Crippen LogP contribution is -2.32. The number of amides is 2. The number of halogens is 4. The zero-order chi connectivity index (χ0) is 24.5. The van der Waals surface area contributed by atoms with Crippen LogP contribution in [0, 0.1) is 6.92 Å². The number of fused-ring (bicyclic) bond motifs is 1. The van der Waals surface area contributed by atoms with E-state index in [2.05, 4.69) is 15.3 Å². The van der Waals surface area contributed by atoms with E-state index in [-0.39, 0.29) is 23.5 Å². The number of nitrogens with one attached hydrogen (secondary N) is 2. The van der Waals surface area contributed by atoms with Crippen molar-refractivity contribution in [3.05, 3.63) is 76.1 Å². The number of carbonyl (C=O) groups excluding carboxylic acids is 2. The minimum Gasteiger partial charge on any atom is -0.342 e. The Morgan fingerprint density at radius 1 is 1.21 bits per heavy atom. The van der Waals surface area contributed by atoms with Gasteiger partial charge in [-0.2, -0.15) is 13.2 Å². The van der Waals surface area contributed by atoms with Crippen LogP contribution < -0.4 is 5.32 Å². The highest BCUT2D eigenvalue weighted by molar-refractivity contribution is 7.39. The Morgan fingerprint density at radius 3 is 2.62 bits per heavy atom. The highest BCUT2D eigenvalue weighted by atomic mass is 35.5. The van der Waals surface area contributed by atoms with Crippen molar-refractivity contribution in [1.82, 2.24) is 20.2 Å². The number of carbonyl (C=O) groups is 2. The van der Waals surface area contributed by atoms with Crippen molar-refractivity contribution in [3.8, 4) is 0 Å². The Morgan fingerprint density at radius 2 is 1.94 bits per heavy atom. The molecule has 0 fully saturated rings. The van der Waals surface area contributed by atoms with E-state index in [1.807, 2.05) is 12.2 Å². The average molecular weight is 509 g/mol. The molecule has 34 heavy (non-hydrogen) atoms. The number of hydrogen-bond acceptors (Lipinski definition) is 3. The zero-order valence-electron chi connectivity index (χ0n) is 18.0. The molecular formula is C23H21ClF3N4O2P. The maximum atomic E-state index is 13.0. The van der Waals surface area contributed by atoms with Crippen molar-refractivity contribution in [2.45, 2.75) is 18.9 Å².